The molecule has 0 saturated carbocycles. The summed E-state index contributed by atoms with van der Waals surface area (Å²) in [5, 5.41) is 19.6. The molecule has 3 N–H and O–H groups in total. The van der Waals surface area contributed by atoms with Crippen LogP contribution in [0.2, 0.25) is 0 Å². The average molecular weight is 214 g/mol. The van der Waals surface area contributed by atoms with E-state index in [2.05, 4.69) is 0 Å². The van der Waals surface area contributed by atoms with Gasteiger partial charge in [0.05, 0.1) is 4.92 Å². The lowest BCUT2D eigenvalue weighted by molar-refractivity contribution is -0.385. The zero-order valence-corrected chi connectivity index (χ0v) is 7.89. The summed E-state index contributed by atoms with van der Waals surface area (Å²) in [4.78, 5) is 9.63. The molecule has 1 aromatic rings. The predicted molar refractivity (Wildman–Crippen MR) is 52.3 cm³/mol. The van der Waals surface area contributed by atoms with Gasteiger partial charge >= 0.3 is 5.69 Å². The molecule has 0 aliphatic carbocycles. The minimum atomic E-state index is -1.30. The Hall–Kier alpha value is -1.69. The molecular formula is C9H11FN2O3. The monoisotopic (exact) mass is 214 g/mol. The van der Waals surface area contributed by atoms with Gasteiger partial charge in [-0.3, -0.25) is 10.1 Å². The molecule has 0 aromatic heterocycles. The molecule has 5 nitrogen and oxygen atoms in total. The Morgan fingerprint density at radius 1 is 1.60 bits per heavy atom. The van der Waals surface area contributed by atoms with E-state index in [1.54, 1.807) is 0 Å². The van der Waals surface area contributed by atoms with Crippen molar-refractivity contribution in [2.75, 3.05) is 6.54 Å². The first-order chi connectivity index (χ1) is 7.06. The van der Waals surface area contributed by atoms with Gasteiger partial charge in [0.15, 0.2) is 5.75 Å². The van der Waals surface area contributed by atoms with E-state index in [4.69, 9.17) is 5.73 Å². The molecule has 0 amide bonds. The molecule has 0 spiro atoms. The van der Waals surface area contributed by atoms with Crippen molar-refractivity contribution in [3.63, 3.8) is 0 Å². The van der Waals surface area contributed by atoms with Crippen LogP contribution in [0.3, 0.4) is 0 Å². The number of phenolic OH excluding ortho intramolecular Hbond substituents is 1. The number of phenols is 1. The number of nitrogens with zero attached hydrogens (tertiary/aromatic N) is 1. The number of nitrogens with two attached hydrogens (primary N) is 1. The zero-order chi connectivity index (χ0) is 11.4. The first-order valence-corrected chi connectivity index (χ1v) is 4.37. The second-order valence-electron chi connectivity index (χ2n) is 3.05. The maximum atomic E-state index is 13.3. The number of hydrogen-bond donors (Lipinski definition) is 2. The summed E-state index contributed by atoms with van der Waals surface area (Å²) in [5.74, 6) is -0.530. The van der Waals surface area contributed by atoms with Crippen molar-refractivity contribution >= 4 is 5.69 Å². The number of halogens is 1. The van der Waals surface area contributed by atoms with Gasteiger partial charge in [0.2, 0.25) is 0 Å². The van der Waals surface area contributed by atoms with E-state index in [1.165, 1.54) is 6.07 Å². The third-order valence-corrected chi connectivity index (χ3v) is 1.98. The van der Waals surface area contributed by atoms with Crippen molar-refractivity contribution in [1.82, 2.24) is 0 Å². The average Bonchev–Trinajstić information content (AvgIpc) is 2.17. The molecular weight excluding hydrogens is 203 g/mol. The van der Waals surface area contributed by atoms with Crippen molar-refractivity contribution in [3.8, 4) is 5.75 Å². The van der Waals surface area contributed by atoms with Gasteiger partial charge in [-0.1, -0.05) is 0 Å². The Morgan fingerprint density at radius 3 is 2.73 bits per heavy atom. The molecule has 0 aliphatic heterocycles. The second-order valence-corrected chi connectivity index (χ2v) is 3.05. The summed E-state index contributed by atoms with van der Waals surface area (Å²) < 4.78 is 13.3. The molecule has 6 heteroatoms. The van der Waals surface area contributed by atoms with Gasteiger partial charge in [-0.25, -0.2) is 4.39 Å². The standard InChI is InChI=1S/C9H11FN2O3/c10-7(3-4-11)6-1-2-8(12(14)15)9(13)5-6/h1-2,5,7,13H,3-4,11H2. The lowest BCUT2D eigenvalue weighted by atomic mass is 10.1. The van der Waals surface area contributed by atoms with Crippen LogP contribution >= 0.6 is 0 Å². The van der Waals surface area contributed by atoms with E-state index in [9.17, 15) is 19.6 Å². The van der Waals surface area contributed by atoms with Gasteiger partial charge in [0.1, 0.15) is 6.17 Å². The Morgan fingerprint density at radius 2 is 2.27 bits per heavy atom. The van der Waals surface area contributed by atoms with Crippen molar-refractivity contribution < 1.29 is 14.4 Å². The number of aromatic hydroxyl groups is 1. The van der Waals surface area contributed by atoms with Crippen LogP contribution in [-0.2, 0) is 0 Å². The molecule has 0 aliphatic rings. The molecule has 0 heterocycles. The highest BCUT2D eigenvalue weighted by molar-refractivity contribution is 5.47. The molecule has 1 atom stereocenters. The predicted octanol–water partition coefficient (Wildman–Crippen LogP) is 1.66. The topological polar surface area (TPSA) is 89.4 Å². The molecule has 0 bridgehead atoms. The van der Waals surface area contributed by atoms with Crippen molar-refractivity contribution in [2.45, 2.75) is 12.6 Å². The fourth-order valence-corrected chi connectivity index (χ4v) is 1.20. The lowest BCUT2D eigenvalue weighted by Crippen LogP contribution is -2.03. The van der Waals surface area contributed by atoms with Crippen LogP contribution in [0.4, 0.5) is 10.1 Å². The minimum Gasteiger partial charge on any atom is -0.502 e. The quantitative estimate of drug-likeness (QED) is 0.589. The Kier molecular flexibility index (Phi) is 3.56. The van der Waals surface area contributed by atoms with Gasteiger partial charge < -0.3 is 10.8 Å². The fourth-order valence-electron chi connectivity index (χ4n) is 1.20. The molecule has 1 rings (SSSR count). The number of benzene rings is 1. The smallest absolute Gasteiger partial charge is 0.310 e. The Labute approximate surface area is 85.5 Å². The summed E-state index contributed by atoms with van der Waals surface area (Å²) >= 11 is 0. The summed E-state index contributed by atoms with van der Waals surface area (Å²) in [5.41, 5.74) is 4.94. The first kappa shape index (κ1) is 11.4. The fraction of sp³-hybridized carbons (Fsp3) is 0.333. The highest BCUT2D eigenvalue weighted by atomic mass is 19.1. The van der Waals surface area contributed by atoms with E-state index < -0.39 is 22.5 Å². The Balaban J connectivity index is 2.96. The number of rotatable bonds is 4. The minimum absolute atomic E-state index is 0.122. The first-order valence-electron chi connectivity index (χ1n) is 4.37. The van der Waals surface area contributed by atoms with Gasteiger partial charge in [-0.05, 0) is 30.7 Å². The molecule has 15 heavy (non-hydrogen) atoms. The molecule has 0 fully saturated rings. The van der Waals surface area contributed by atoms with E-state index >= 15 is 0 Å². The van der Waals surface area contributed by atoms with Crippen LogP contribution in [0.25, 0.3) is 0 Å². The highest BCUT2D eigenvalue weighted by Gasteiger charge is 2.16. The maximum Gasteiger partial charge on any atom is 0.310 e. The van der Waals surface area contributed by atoms with Gasteiger partial charge in [-0.15, -0.1) is 0 Å². The third kappa shape index (κ3) is 2.63. The molecule has 1 aromatic carbocycles. The maximum absolute atomic E-state index is 13.3. The van der Waals surface area contributed by atoms with Crippen LogP contribution in [0, 0.1) is 10.1 Å². The van der Waals surface area contributed by atoms with E-state index in [-0.39, 0.29) is 18.5 Å². The van der Waals surface area contributed by atoms with E-state index in [1.807, 2.05) is 0 Å². The third-order valence-electron chi connectivity index (χ3n) is 1.98. The number of hydrogen-bond acceptors (Lipinski definition) is 4. The van der Waals surface area contributed by atoms with Crippen molar-refractivity contribution in [1.29, 1.82) is 0 Å². The van der Waals surface area contributed by atoms with Crippen LogP contribution in [-0.4, -0.2) is 16.6 Å². The van der Waals surface area contributed by atoms with Crippen LogP contribution < -0.4 is 5.73 Å². The SMILES string of the molecule is NCCC(F)c1ccc([N+](=O)[O-])c(O)c1. The van der Waals surface area contributed by atoms with Crippen molar-refractivity contribution in [3.05, 3.63) is 33.9 Å². The highest BCUT2D eigenvalue weighted by Crippen LogP contribution is 2.30. The van der Waals surface area contributed by atoms with Crippen LogP contribution in [0.15, 0.2) is 18.2 Å². The second kappa shape index (κ2) is 4.70. The van der Waals surface area contributed by atoms with Gasteiger partial charge in [0.25, 0.3) is 0 Å². The number of nitro groups is 1. The zero-order valence-electron chi connectivity index (χ0n) is 7.89. The summed E-state index contributed by atoms with van der Waals surface area (Å²) in [7, 11) is 0. The summed E-state index contributed by atoms with van der Waals surface area (Å²) in [6.07, 6.45) is -1.18. The van der Waals surface area contributed by atoms with Crippen molar-refractivity contribution in [2.24, 2.45) is 5.73 Å². The molecule has 0 radical (unpaired) electrons. The summed E-state index contributed by atoms with van der Waals surface area (Å²) in [6.45, 7) is 0.179. The van der Waals surface area contributed by atoms with E-state index in [0.29, 0.717) is 0 Å². The van der Waals surface area contributed by atoms with Crippen LogP contribution in [0.1, 0.15) is 18.2 Å². The largest absolute Gasteiger partial charge is 0.502 e. The van der Waals surface area contributed by atoms with E-state index in [0.717, 1.165) is 12.1 Å². The number of nitro benzene ring substituents is 1. The van der Waals surface area contributed by atoms with Gasteiger partial charge in [-0.2, -0.15) is 0 Å². The molecule has 1 unspecified atom stereocenters. The normalized spacial score (nSPS) is 12.4. The van der Waals surface area contributed by atoms with Crippen LogP contribution in [0.5, 0.6) is 5.75 Å². The molecule has 82 valence electrons. The number of alkyl halides is 1. The van der Waals surface area contributed by atoms with Gasteiger partial charge in [0, 0.05) is 6.07 Å². The molecule has 0 saturated heterocycles. The lowest BCUT2D eigenvalue weighted by Gasteiger charge is -2.07. The Bertz CT molecular complexity index is 370. The summed E-state index contributed by atoms with van der Waals surface area (Å²) in [6, 6.07) is 3.41.